The molecule has 0 aliphatic rings. The van der Waals surface area contributed by atoms with Gasteiger partial charge in [0.25, 0.3) is 5.91 Å². The van der Waals surface area contributed by atoms with Crippen molar-refractivity contribution in [1.82, 2.24) is 10.7 Å². The molecule has 2 aromatic carbocycles. The summed E-state index contributed by atoms with van der Waals surface area (Å²) in [7, 11) is 0. The van der Waals surface area contributed by atoms with Gasteiger partial charge in [-0.25, -0.2) is 5.43 Å². The van der Waals surface area contributed by atoms with Crippen molar-refractivity contribution in [1.29, 1.82) is 0 Å². The van der Waals surface area contributed by atoms with Gasteiger partial charge < -0.3 is 15.4 Å². The molecule has 0 fully saturated rings. The Balaban J connectivity index is 1.79. The van der Waals surface area contributed by atoms with Crippen molar-refractivity contribution in [3.63, 3.8) is 0 Å². The third kappa shape index (κ3) is 7.75. The average Bonchev–Trinajstić information content (AvgIpc) is 2.70. The van der Waals surface area contributed by atoms with Crippen molar-refractivity contribution in [3.8, 4) is 5.75 Å². The van der Waals surface area contributed by atoms with E-state index < -0.39 is 11.8 Å². The van der Waals surface area contributed by atoms with Crippen LogP contribution in [0.4, 0.5) is 5.69 Å². The van der Waals surface area contributed by atoms with Gasteiger partial charge in [-0.1, -0.05) is 13.0 Å². The van der Waals surface area contributed by atoms with Crippen molar-refractivity contribution in [2.45, 2.75) is 27.2 Å². The molecule has 8 heteroatoms. The second kappa shape index (κ2) is 11.4. The Hall–Kier alpha value is -3.68. The molecule has 0 spiro atoms. The number of ether oxygens (including phenoxy) is 1. The van der Waals surface area contributed by atoms with Crippen molar-refractivity contribution in [3.05, 3.63) is 59.2 Å². The van der Waals surface area contributed by atoms with E-state index in [1.165, 1.54) is 6.21 Å². The van der Waals surface area contributed by atoms with Crippen LogP contribution in [0.25, 0.3) is 0 Å². The van der Waals surface area contributed by atoms with Gasteiger partial charge in [-0.2, -0.15) is 5.10 Å². The number of carbonyl (C=O) groups is 3. The Kier molecular flexibility index (Phi) is 8.56. The fourth-order valence-electron chi connectivity index (χ4n) is 2.58. The van der Waals surface area contributed by atoms with Gasteiger partial charge in [0, 0.05) is 12.2 Å². The fraction of sp³-hybridized carbons (Fsp3) is 0.273. The number of rotatable bonds is 8. The molecule has 0 saturated carbocycles. The average molecular weight is 410 g/mol. The van der Waals surface area contributed by atoms with Crippen LogP contribution in [0.1, 0.15) is 30.0 Å². The first-order valence-electron chi connectivity index (χ1n) is 9.59. The van der Waals surface area contributed by atoms with Gasteiger partial charge in [-0.3, -0.25) is 14.4 Å². The molecular formula is C22H26N4O4. The van der Waals surface area contributed by atoms with E-state index in [0.29, 0.717) is 17.9 Å². The first-order valence-corrected chi connectivity index (χ1v) is 9.59. The summed E-state index contributed by atoms with van der Waals surface area (Å²) in [5.41, 5.74) is 5.73. The van der Waals surface area contributed by atoms with Crippen LogP contribution < -0.4 is 20.8 Å². The highest BCUT2D eigenvalue weighted by Crippen LogP contribution is 2.14. The molecule has 3 N–H and O–H groups in total. The van der Waals surface area contributed by atoms with E-state index in [1.54, 1.807) is 24.3 Å². The van der Waals surface area contributed by atoms with E-state index in [-0.39, 0.29) is 12.5 Å². The summed E-state index contributed by atoms with van der Waals surface area (Å²) in [4.78, 5) is 35.0. The van der Waals surface area contributed by atoms with Crippen LogP contribution in [-0.2, 0) is 14.4 Å². The monoisotopic (exact) mass is 410 g/mol. The molecule has 0 unspecified atom stereocenters. The van der Waals surface area contributed by atoms with Crippen molar-refractivity contribution in [2.24, 2.45) is 5.10 Å². The number of hydrazone groups is 1. The predicted octanol–water partition coefficient (Wildman–Crippen LogP) is 2.30. The number of carbonyl (C=O) groups excluding carboxylic acids is 3. The van der Waals surface area contributed by atoms with Gasteiger partial charge in [0.2, 0.25) is 0 Å². The minimum Gasteiger partial charge on any atom is -0.484 e. The number of amides is 3. The molecule has 0 saturated heterocycles. The summed E-state index contributed by atoms with van der Waals surface area (Å²) >= 11 is 0. The number of hydrogen-bond donors (Lipinski definition) is 3. The zero-order valence-electron chi connectivity index (χ0n) is 17.3. The van der Waals surface area contributed by atoms with Crippen LogP contribution in [0.3, 0.4) is 0 Å². The third-order valence-electron chi connectivity index (χ3n) is 3.88. The van der Waals surface area contributed by atoms with Crippen LogP contribution >= 0.6 is 0 Å². The molecule has 2 rings (SSSR count). The van der Waals surface area contributed by atoms with Crippen LogP contribution in [0.15, 0.2) is 47.6 Å². The Bertz CT molecular complexity index is 903. The molecule has 3 amide bonds. The summed E-state index contributed by atoms with van der Waals surface area (Å²) < 4.78 is 5.49. The van der Waals surface area contributed by atoms with Gasteiger partial charge in [0.1, 0.15) is 5.75 Å². The normalized spacial score (nSPS) is 10.5. The molecule has 0 radical (unpaired) electrons. The Morgan fingerprint density at radius 3 is 2.30 bits per heavy atom. The summed E-state index contributed by atoms with van der Waals surface area (Å²) in [6.07, 6.45) is 2.14. The number of anilines is 1. The molecule has 0 atom stereocenters. The molecule has 30 heavy (non-hydrogen) atoms. The zero-order chi connectivity index (χ0) is 21.9. The number of hydrogen-bond acceptors (Lipinski definition) is 5. The highest BCUT2D eigenvalue weighted by molar-refractivity contribution is 6.35. The molecule has 0 heterocycles. The highest BCUT2D eigenvalue weighted by Gasteiger charge is 2.10. The Labute approximate surface area is 175 Å². The molecule has 0 bridgehead atoms. The molecule has 0 aromatic heterocycles. The SMILES string of the molecule is CCCNC(=O)C(=O)N/N=C\c1ccc(OCC(=O)Nc2cc(C)cc(C)c2)cc1. The molecule has 158 valence electrons. The van der Waals surface area contributed by atoms with Crippen molar-refractivity contribution in [2.75, 3.05) is 18.5 Å². The first-order chi connectivity index (χ1) is 14.4. The smallest absolute Gasteiger partial charge is 0.329 e. The van der Waals surface area contributed by atoms with E-state index >= 15 is 0 Å². The lowest BCUT2D eigenvalue weighted by molar-refractivity contribution is -0.139. The zero-order valence-corrected chi connectivity index (χ0v) is 17.3. The minimum absolute atomic E-state index is 0.122. The minimum atomic E-state index is -0.825. The Morgan fingerprint density at radius 2 is 1.67 bits per heavy atom. The molecular weight excluding hydrogens is 384 g/mol. The van der Waals surface area contributed by atoms with Crippen LogP contribution in [-0.4, -0.2) is 37.1 Å². The van der Waals surface area contributed by atoms with E-state index in [0.717, 1.165) is 23.2 Å². The standard InChI is InChI=1S/C22H26N4O4/c1-4-9-23-21(28)22(29)26-24-13-17-5-7-19(8-6-17)30-14-20(27)25-18-11-15(2)10-16(3)12-18/h5-8,10-13H,4,9,14H2,1-3H3,(H,23,28)(H,25,27)(H,26,29)/b24-13-. The van der Waals surface area contributed by atoms with Crippen LogP contribution in [0.2, 0.25) is 0 Å². The maximum atomic E-state index is 12.1. The van der Waals surface area contributed by atoms with E-state index in [2.05, 4.69) is 21.2 Å². The van der Waals surface area contributed by atoms with Crippen molar-refractivity contribution >= 4 is 29.6 Å². The molecule has 2 aromatic rings. The quantitative estimate of drug-likeness (QED) is 0.352. The summed E-state index contributed by atoms with van der Waals surface area (Å²) in [6, 6.07) is 12.6. The topological polar surface area (TPSA) is 109 Å². The van der Waals surface area contributed by atoms with Gasteiger partial charge in [0.15, 0.2) is 6.61 Å². The van der Waals surface area contributed by atoms with E-state index in [1.807, 2.05) is 39.0 Å². The van der Waals surface area contributed by atoms with Gasteiger partial charge in [-0.05, 0) is 73.4 Å². The van der Waals surface area contributed by atoms with Gasteiger partial charge >= 0.3 is 11.8 Å². The second-order valence-electron chi connectivity index (χ2n) is 6.74. The van der Waals surface area contributed by atoms with E-state index in [4.69, 9.17) is 4.74 Å². The molecule has 0 aliphatic heterocycles. The van der Waals surface area contributed by atoms with Gasteiger partial charge in [-0.15, -0.1) is 0 Å². The number of aryl methyl sites for hydroxylation is 2. The summed E-state index contributed by atoms with van der Waals surface area (Å²) in [5, 5.41) is 9.01. The number of nitrogens with one attached hydrogen (secondary N) is 3. The van der Waals surface area contributed by atoms with Crippen LogP contribution in [0, 0.1) is 13.8 Å². The predicted molar refractivity (Wildman–Crippen MR) is 116 cm³/mol. The molecule has 0 aliphatic carbocycles. The lowest BCUT2D eigenvalue weighted by Crippen LogP contribution is -2.38. The lowest BCUT2D eigenvalue weighted by Gasteiger charge is -2.09. The van der Waals surface area contributed by atoms with E-state index in [9.17, 15) is 14.4 Å². The summed E-state index contributed by atoms with van der Waals surface area (Å²) in [5.74, 6) is -1.29. The lowest BCUT2D eigenvalue weighted by atomic mass is 10.1. The fourth-order valence-corrected chi connectivity index (χ4v) is 2.58. The van der Waals surface area contributed by atoms with Crippen molar-refractivity contribution < 1.29 is 19.1 Å². The molecule has 8 nitrogen and oxygen atoms in total. The van der Waals surface area contributed by atoms with Crippen LogP contribution in [0.5, 0.6) is 5.75 Å². The Morgan fingerprint density at radius 1 is 1.00 bits per heavy atom. The first kappa shape index (κ1) is 22.6. The largest absolute Gasteiger partial charge is 0.484 e. The second-order valence-corrected chi connectivity index (χ2v) is 6.74. The third-order valence-corrected chi connectivity index (χ3v) is 3.88. The highest BCUT2D eigenvalue weighted by atomic mass is 16.5. The number of benzene rings is 2. The van der Waals surface area contributed by atoms with Gasteiger partial charge in [0.05, 0.1) is 6.21 Å². The number of nitrogens with zero attached hydrogens (tertiary/aromatic N) is 1. The maximum absolute atomic E-state index is 12.1. The maximum Gasteiger partial charge on any atom is 0.329 e. The summed E-state index contributed by atoms with van der Waals surface area (Å²) in [6.45, 7) is 6.14.